The molecule has 2 rings (SSSR count). The van der Waals surface area contributed by atoms with Crippen molar-refractivity contribution < 1.29 is 4.39 Å². The molecule has 1 unspecified atom stereocenters. The summed E-state index contributed by atoms with van der Waals surface area (Å²) in [4.78, 5) is 0. The highest BCUT2D eigenvalue weighted by Crippen LogP contribution is 2.24. The molecule has 0 spiro atoms. The molecule has 0 saturated carbocycles. The van der Waals surface area contributed by atoms with E-state index in [-0.39, 0.29) is 5.82 Å². The minimum absolute atomic E-state index is 0.182. The van der Waals surface area contributed by atoms with Crippen molar-refractivity contribution in [2.24, 2.45) is 5.92 Å². The second-order valence-corrected chi connectivity index (χ2v) is 7.21. The largest absolute Gasteiger partial charge is 0.207 e. The quantitative estimate of drug-likeness (QED) is 0.466. The lowest BCUT2D eigenvalue weighted by Gasteiger charge is -2.15. The molecular formula is C16H14Br3F. The number of hydrogen-bond acceptors (Lipinski definition) is 0. The summed E-state index contributed by atoms with van der Waals surface area (Å²) >= 11 is 10.6. The van der Waals surface area contributed by atoms with E-state index in [1.807, 2.05) is 12.1 Å². The van der Waals surface area contributed by atoms with Gasteiger partial charge in [-0.1, -0.05) is 59.9 Å². The molecule has 0 aliphatic carbocycles. The highest BCUT2D eigenvalue weighted by Gasteiger charge is 2.12. The molecule has 0 aromatic heterocycles. The molecule has 0 aliphatic heterocycles. The predicted molar refractivity (Wildman–Crippen MR) is 92.9 cm³/mol. The lowest BCUT2D eigenvalue weighted by Crippen LogP contribution is -2.10. The van der Waals surface area contributed by atoms with E-state index in [4.69, 9.17) is 0 Å². The van der Waals surface area contributed by atoms with Gasteiger partial charge in [0.15, 0.2) is 0 Å². The Morgan fingerprint density at radius 1 is 1.00 bits per heavy atom. The Morgan fingerprint density at radius 3 is 2.50 bits per heavy atom. The number of alkyl halides is 1. The van der Waals surface area contributed by atoms with Crippen LogP contribution < -0.4 is 0 Å². The van der Waals surface area contributed by atoms with Crippen LogP contribution in [0.25, 0.3) is 0 Å². The molecule has 0 nitrogen and oxygen atoms in total. The minimum Gasteiger partial charge on any atom is -0.207 e. The van der Waals surface area contributed by atoms with E-state index in [1.54, 1.807) is 12.1 Å². The van der Waals surface area contributed by atoms with Gasteiger partial charge in [-0.25, -0.2) is 4.39 Å². The second kappa shape index (κ2) is 7.71. The zero-order chi connectivity index (χ0) is 14.5. The Kier molecular flexibility index (Phi) is 6.24. The molecule has 106 valence electrons. The standard InChI is InChI=1S/C16H14Br3F/c17-10-12(6-11-2-1-3-14(18)8-11)7-13-9-15(20)4-5-16(13)19/h1-5,8-9,12H,6-7,10H2. The van der Waals surface area contributed by atoms with Crippen molar-refractivity contribution in [3.63, 3.8) is 0 Å². The summed E-state index contributed by atoms with van der Waals surface area (Å²) in [7, 11) is 0. The van der Waals surface area contributed by atoms with Crippen LogP contribution in [0.4, 0.5) is 4.39 Å². The van der Waals surface area contributed by atoms with Crippen molar-refractivity contribution in [3.05, 3.63) is 68.4 Å². The molecule has 2 aromatic carbocycles. The Balaban J connectivity index is 2.11. The average molecular weight is 465 g/mol. The molecule has 0 radical (unpaired) electrons. The van der Waals surface area contributed by atoms with Crippen LogP contribution in [0.15, 0.2) is 51.4 Å². The van der Waals surface area contributed by atoms with Crippen LogP contribution in [0.5, 0.6) is 0 Å². The molecule has 0 bridgehead atoms. The lowest BCUT2D eigenvalue weighted by molar-refractivity contribution is 0.581. The van der Waals surface area contributed by atoms with Crippen LogP contribution in [0, 0.1) is 11.7 Å². The molecule has 1 atom stereocenters. The average Bonchev–Trinajstić information content (AvgIpc) is 2.42. The summed E-state index contributed by atoms with van der Waals surface area (Å²) in [6.45, 7) is 0. The van der Waals surface area contributed by atoms with Crippen LogP contribution in [-0.4, -0.2) is 5.33 Å². The fraction of sp³-hybridized carbons (Fsp3) is 0.250. The number of hydrogen-bond donors (Lipinski definition) is 0. The SMILES string of the molecule is Fc1ccc(Br)c(CC(CBr)Cc2cccc(Br)c2)c1. The molecule has 20 heavy (non-hydrogen) atoms. The number of benzene rings is 2. The maximum atomic E-state index is 13.3. The summed E-state index contributed by atoms with van der Waals surface area (Å²) in [6.07, 6.45) is 1.81. The molecule has 0 fully saturated rings. The van der Waals surface area contributed by atoms with Gasteiger partial charge < -0.3 is 0 Å². The van der Waals surface area contributed by atoms with E-state index in [0.717, 1.165) is 32.7 Å². The molecule has 2 aromatic rings. The first-order valence-electron chi connectivity index (χ1n) is 6.33. The maximum absolute atomic E-state index is 13.3. The Labute approximate surface area is 144 Å². The monoisotopic (exact) mass is 462 g/mol. The van der Waals surface area contributed by atoms with Gasteiger partial charge in [0, 0.05) is 14.3 Å². The molecule has 0 heterocycles. The smallest absolute Gasteiger partial charge is 0.123 e. The second-order valence-electron chi connectivity index (χ2n) is 4.79. The van der Waals surface area contributed by atoms with Crippen LogP contribution in [0.3, 0.4) is 0 Å². The van der Waals surface area contributed by atoms with E-state index in [2.05, 4.69) is 59.9 Å². The van der Waals surface area contributed by atoms with Gasteiger partial charge in [-0.05, 0) is 60.2 Å². The first-order valence-corrected chi connectivity index (χ1v) is 9.03. The van der Waals surface area contributed by atoms with Gasteiger partial charge in [-0.3, -0.25) is 0 Å². The van der Waals surface area contributed by atoms with Gasteiger partial charge in [0.1, 0.15) is 5.82 Å². The van der Waals surface area contributed by atoms with Gasteiger partial charge in [-0.2, -0.15) is 0 Å². The highest BCUT2D eigenvalue weighted by atomic mass is 79.9. The molecule has 0 N–H and O–H groups in total. The minimum atomic E-state index is -0.182. The fourth-order valence-corrected chi connectivity index (χ4v) is 3.50. The van der Waals surface area contributed by atoms with Crippen molar-refractivity contribution in [2.45, 2.75) is 12.8 Å². The lowest BCUT2D eigenvalue weighted by atomic mass is 9.94. The summed E-state index contributed by atoms with van der Waals surface area (Å²) in [5, 5.41) is 0.891. The molecule has 0 amide bonds. The Bertz CT molecular complexity index is 584. The molecule has 4 heteroatoms. The topological polar surface area (TPSA) is 0 Å². The maximum Gasteiger partial charge on any atom is 0.123 e. The fourth-order valence-electron chi connectivity index (χ4n) is 2.19. The van der Waals surface area contributed by atoms with Gasteiger partial charge in [0.25, 0.3) is 0 Å². The van der Waals surface area contributed by atoms with E-state index in [0.29, 0.717) is 5.92 Å². The van der Waals surface area contributed by atoms with Gasteiger partial charge in [0.05, 0.1) is 0 Å². The van der Waals surface area contributed by atoms with E-state index in [9.17, 15) is 4.39 Å². The molecule has 0 aliphatic rings. The summed E-state index contributed by atoms with van der Waals surface area (Å²) in [5.41, 5.74) is 2.31. The predicted octanol–water partition coefficient (Wildman–Crippen LogP) is 6.15. The van der Waals surface area contributed by atoms with Crippen LogP contribution in [0.1, 0.15) is 11.1 Å². The van der Waals surface area contributed by atoms with E-state index < -0.39 is 0 Å². The molecule has 0 saturated heterocycles. The van der Waals surface area contributed by atoms with Gasteiger partial charge in [-0.15, -0.1) is 0 Å². The third kappa shape index (κ3) is 4.68. The Hall–Kier alpha value is -0.190. The van der Waals surface area contributed by atoms with Crippen LogP contribution in [-0.2, 0) is 12.8 Å². The van der Waals surface area contributed by atoms with Crippen molar-refractivity contribution >= 4 is 47.8 Å². The molecular weight excluding hydrogens is 451 g/mol. The third-order valence-electron chi connectivity index (χ3n) is 3.15. The summed E-state index contributed by atoms with van der Waals surface area (Å²) in [5.74, 6) is 0.251. The van der Waals surface area contributed by atoms with Crippen molar-refractivity contribution in [1.29, 1.82) is 0 Å². The van der Waals surface area contributed by atoms with E-state index >= 15 is 0 Å². The van der Waals surface area contributed by atoms with Crippen molar-refractivity contribution in [3.8, 4) is 0 Å². The van der Waals surface area contributed by atoms with Crippen LogP contribution in [0.2, 0.25) is 0 Å². The first-order chi connectivity index (χ1) is 9.58. The zero-order valence-electron chi connectivity index (χ0n) is 10.8. The number of halogens is 4. The highest BCUT2D eigenvalue weighted by molar-refractivity contribution is 9.10. The van der Waals surface area contributed by atoms with Crippen molar-refractivity contribution in [2.75, 3.05) is 5.33 Å². The summed E-state index contributed by atoms with van der Waals surface area (Å²) in [6, 6.07) is 13.2. The zero-order valence-corrected chi connectivity index (χ0v) is 15.5. The van der Waals surface area contributed by atoms with Crippen LogP contribution >= 0.6 is 47.8 Å². The van der Waals surface area contributed by atoms with Gasteiger partial charge >= 0.3 is 0 Å². The first kappa shape index (κ1) is 16.2. The van der Waals surface area contributed by atoms with Gasteiger partial charge in [0.2, 0.25) is 0 Å². The van der Waals surface area contributed by atoms with Crippen molar-refractivity contribution in [1.82, 2.24) is 0 Å². The summed E-state index contributed by atoms with van der Waals surface area (Å²) < 4.78 is 15.4. The Morgan fingerprint density at radius 2 is 1.80 bits per heavy atom. The number of rotatable bonds is 5. The normalized spacial score (nSPS) is 12.4. The third-order valence-corrected chi connectivity index (χ3v) is 5.33. The van der Waals surface area contributed by atoms with E-state index in [1.165, 1.54) is 11.6 Å².